The minimum atomic E-state index is -4.15. The van der Waals surface area contributed by atoms with Gasteiger partial charge in [0.25, 0.3) is 5.91 Å². The summed E-state index contributed by atoms with van der Waals surface area (Å²) in [7, 11) is -7.92. The molecule has 3 rings (SSSR count). The summed E-state index contributed by atoms with van der Waals surface area (Å²) in [6.07, 6.45) is -0.440. The first kappa shape index (κ1) is 24.3. The number of amides is 1. The molecule has 178 valence electrons. The fourth-order valence-corrected chi connectivity index (χ4v) is 4.69. The van der Waals surface area contributed by atoms with Crippen molar-refractivity contribution in [3.8, 4) is 11.5 Å². The summed E-state index contributed by atoms with van der Waals surface area (Å²) in [5, 5.41) is 0. The molecule has 1 saturated heterocycles. The lowest BCUT2D eigenvalue weighted by molar-refractivity contribution is -0.117. The lowest BCUT2D eigenvalue weighted by atomic mass is 10.0. The number of para-hydroxylation sites is 1. The molecule has 0 unspecified atom stereocenters. The van der Waals surface area contributed by atoms with E-state index in [2.05, 4.69) is 0 Å². The van der Waals surface area contributed by atoms with Crippen LogP contribution in [0, 0.1) is 0 Å². The lowest BCUT2D eigenvalue weighted by Gasteiger charge is -2.19. The van der Waals surface area contributed by atoms with Gasteiger partial charge in [-0.05, 0) is 37.6 Å². The number of carbonyl (C=O) groups excluding carboxylic acids is 2. The first-order valence-corrected chi connectivity index (χ1v) is 12.9. The molecular weight excluding hydrogens is 476 g/mol. The lowest BCUT2D eigenvalue weighted by Crippen LogP contribution is -2.30. The summed E-state index contributed by atoms with van der Waals surface area (Å²) in [5.74, 6) is -0.760. The second-order valence-corrected chi connectivity index (χ2v) is 10.6. The zero-order valence-corrected chi connectivity index (χ0v) is 19.6. The summed E-state index contributed by atoms with van der Waals surface area (Å²) in [5.41, 5.74) is 1.03. The highest BCUT2D eigenvalue weighted by Gasteiger charge is 2.36. The number of nitrogens with one attached hydrogen (secondary N) is 1. The van der Waals surface area contributed by atoms with Crippen LogP contribution in [0.2, 0.25) is 0 Å². The Hall–Kier alpha value is -3.32. The molecule has 0 bridgehead atoms. The van der Waals surface area contributed by atoms with Crippen LogP contribution in [0.3, 0.4) is 0 Å². The van der Waals surface area contributed by atoms with Gasteiger partial charge in [-0.25, -0.2) is 13.8 Å². The highest BCUT2D eigenvalue weighted by atomic mass is 32.2. The quantitative estimate of drug-likeness (QED) is 0.342. The van der Waals surface area contributed by atoms with Crippen LogP contribution in [0.1, 0.15) is 25.0 Å². The highest BCUT2D eigenvalue weighted by molar-refractivity contribution is 7.92. The molecule has 1 fully saturated rings. The number of nitrogens with zero attached hydrogens (tertiary/aromatic N) is 1. The van der Waals surface area contributed by atoms with E-state index < -0.39 is 45.0 Å². The normalized spacial score (nSPS) is 15.3. The maximum atomic E-state index is 12.3. The van der Waals surface area contributed by atoms with E-state index in [0.717, 1.165) is 10.6 Å². The molecule has 1 aliphatic heterocycles. The molecule has 0 aromatic heterocycles. The number of ether oxygens (including phenoxy) is 2. The van der Waals surface area contributed by atoms with Crippen LogP contribution in [0.5, 0.6) is 11.5 Å². The van der Waals surface area contributed by atoms with Crippen LogP contribution >= 0.6 is 0 Å². The van der Waals surface area contributed by atoms with E-state index in [9.17, 15) is 26.4 Å². The molecule has 0 spiro atoms. The average molecular weight is 499 g/mol. The first-order chi connectivity index (χ1) is 15.3. The van der Waals surface area contributed by atoms with Crippen LogP contribution in [-0.2, 0) is 36.3 Å². The topological polar surface area (TPSA) is 145 Å². The molecule has 1 heterocycles. The van der Waals surface area contributed by atoms with Crippen molar-refractivity contribution in [2.24, 2.45) is 0 Å². The third kappa shape index (κ3) is 6.35. The predicted octanol–water partition coefficient (Wildman–Crippen LogP) is 1.72. The number of benzene rings is 2. The van der Waals surface area contributed by atoms with Crippen molar-refractivity contribution in [1.82, 2.24) is 4.72 Å². The summed E-state index contributed by atoms with van der Waals surface area (Å²) in [6.45, 7) is 2.75. The van der Waals surface area contributed by atoms with Gasteiger partial charge in [0.05, 0.1) is 18.0 Å². The molecule has 0 aliphatic carbocycles. The van der Waals surface area contributed by atoms with E-state index in [1.165, 1.54) is 18.2 Å². The Morgan fingerprint density at radius 2 is 1.85 bits per heavy atom. The number of carbonyl (C=O) groups is 2. The Morgan fingerprint density at radius 1 is 1.15 bits per heavy atom. The van der Waals surface area contributed by atoms with E-state index in [-0.39, 0.29) is 23.6 Å². The van der Waals surface area contributed by atoms with E-state index in [4.69, 9.17) is 13.7 Å². The van der Waals surface area contributed by atoms with E-state index in [1.807, 2.05) is 4.72 Å². The minimum absolute atomic E-state index is 0.0431. The summed E-state index contributed by atoms with van der Waals surface area (Å²) in [4.78, 5) is 23.8. The van der Waals surface area contributed by atoms with Gasteiger partial charge >= 0.3 is 26.5 Å². The maximum absolute atomic E-state index is 12.3. The fraction of sp³-hybridized carbons (Fsp3) is 0.300. The molecule has 1 N–H and O–H groups in total. The Morgan fingerprint density at radius 3 is 2.45 bits per heavy atom. The summed E-state index contributed by atoms with van der Waals surface area (Å²) >= 11 is 0. The Bertz CT molecular complexity index is 1290. The number of rotatable bonds is 7. The van der Waals surface area contributed by atoms with Gasteiger partial charge in [-0.2, -0.15) is 16.8 Å². The molecule has 0 radical (unpaired) electrons. The zero-order valence-electron chi connectivity index (χ0n) is 18.0. The molecule has 11 nitrogen and oxygen atoms in total. The first-order valence-electron chi connectivity index (χ1n) is 9.66. The van der Waals surface area contributed by atoms with Crippen LogP contribution in [0.4, 0.5) is 10.5 Å². The second-order valence-electron chi connectivity index (χ2n) is 7.43. The van der Waals surface area contributed by atoms with E-state index in [0.29, 0.717) is 11.1 Å². The van der Waals surface area contributed by atoms with Crippen molar-refractivity contribution < 1.29 is 40.1 Å². The van der Waals surface area contributed by atoms with E-state index in [1.54, 1.807) is 38.1 Å². The Labute approximate surface area is 191 Å². The van der Waals surface area contributed by atoms with Crippen LogP contribution in [-0.4, -0.2) is 47.8 Å². The maximum Gasteiger partial charge on any atom is 0.514 e. The largest absolute Gasteiger partial charge is 0.514 e. The molecule has 1 aliphatic rings. The molecular formula is C20H22N2O9S2. The number of hydrogen-bond acceptors (Lipinski definition) is 9. The molecule has 33 heavy (non-hydrogen) atoms. The highest BCUT2D eigenvalue weighted by Crippen LogP contribution is 2.34. The molecule has 2 aromatic carbocycles. The minimum Gasteiger partial charge on any atom is -0.431 e. The van der Waals surface area contributed by atoms with Crippen molar-refractivity contribution in [2.45, 2.75) is 26.4 Å². The van der Waals surface area contributed by atoms with E-state index >= 15 is 0 Å². The van der Waals surface area contributed by atoms with Crippen molar-refractivity contribution in [1.29, 1.82) is 0 Å². The molecule has 13 heteroatoms. The molecule has 0 saturated carbocycles. The molecule has 0 atom stereocenters. The summed E-state index contributed by atoms with van der Waals surface area (Å²) < 4.78 is 65.6. The third-order valence-corrected chi connectivity index (χ3v) is 6.12. The zero-order chi connectivity index (χ0) is 24.4. The monoisotopic (exact) mass is 498 g/mol. The van der Waals surface area contributed by atoms with Crippen molar-refractivity contribution in [3.63, 3.8) is 0 Å². The van der Waals surface area contributed by atoms with Gasteiger partial charge in [0, 0.05) is 12.0 Å². The van der Waals surface area contributed by atoms with Crippen LogP contribution in [0.15, 0.2) is 42.5 Å². The van der Waals surface area contributed by atoms with Gasteiger partial charge < -0.3 is 13.7 Å². The van der Waals surface area contributed by atoms with Gasteiger partial charge in [0.2, 0.25) is 0 Å². The van der Waals surface area contributed by atoms with Crippen LogP contribution < -0.4 is 17.9 Å². The Kier molecular flexibility index (Phi) is 6.84. The van der Waals surface area contributed by atoms with Gasteiger partial charge in [-0.3, -0.25) is 4.79 Å². The third-order valence-electron chi connectivity index (χ3n) is 4.25. The fourth-order valence-electron chi connectivity index (χ4n) is 3.04. The number of hydrogen-bond donors (Lipinski definition) is 1. The second kappa shape index (κ2) is 9.27. The van der Waals surface area contributed by atoms with Crippen molar-refractivity contribution >= 4 is 38.1 Å². The van der Waals surface area contributed by atoms with Gasteiger partial charge in [-0.1, -0.05) is 24.3 Å². The van der Waals surface area contributed by atoms with Crippen molar-refractivity contribution in [2.75, 3.05) is 17.1 Å². The van der Waals surface area contributed by atoms with Gasteiger partial charge in [-0.15, -0.1) is 0 Å². The van der Waals surface area contributed by atoms with Crippen LogP contribution in [0.25, 0.3) is 0 Å². The predicted molar refractivity (Wildman–Crippen MR) is 118 cm³/mol. The molecule has 2 aromatic rings. The Balaban J connectivity index is 1.99. The summed E-state index contributed by atoms with van der Waals surface area (Å²) in [6, 6.07) is 10.8. The van der Waals surface area contributed by atoms with Gasteiger partial charge in [0.1, 0.15) is 12.3 Å². The van der Waals surface area contributed by atoms with Crippen molar-refractivity contribution in [3.05, 3.63) is 53.6 Å². The standard InChI is InChI=1S/C20H22N2O9S2/c1-13(2)29-20(24)30-18-11-14(8-9-16(18)22-12-19(23)21-33(22,27)28)10-15-6-4-5-7-17(15)31-32(3,25)26/h4-9,11,13H,10,12H2,1-3H3,(H,21,23). The van der Waals surface area contributed by atoms with Gasteiger partial charge in [0.15, 0.2) is 5.75 Å². The average Bonchev–Trinajstić information content (AvgIpc) is 2.93. The SMILES string of the molecule is CC(C)OC(=O)Oc1cc(Cc2ccccc2OS(C)(=O)=O)ccc1N1CC(=O)NS1(=O)=O. The molecule has 1 amide bonds. The smallest absolute Gasteiger partial charge is 0.431 e. The number of anilines is 1.